The van der Waals surface area contributed by atoms with Crippen LogP contribution in [0.3, 0.4) is 0 Å². The Bertz CT molecular complexity index is 607. The van der Waals surface area contributed by atoms with Gasteiger partial charge in [-0.1, -0.05) is 88.4 Å². The summed E-state index contributed by atoms with van der Waals surface area (Å²) in [5.74, 6) is 0.367. The van der Waals surface area contributed by atoms with Crippen LogP contribution in [0, 0.1) is 5.92 Å². The van der Waals surface area contributed by atoms with E-state index in [1.165, 1.54) is 10.4 Å². The van der Waals surface area contributed by atoms with E-state index in [0.29, 0.717) is 18.9 Å². The highest BCUT2D eigenvalue weighted by Crippen LogP contribution is 2.37. The number of hydrogen-bond acceptors (Lipinski definition) is 2. The minimum atomic E-state index is -2.44. The highest BCUT2D eigenvalue weighted by Gasteiger charge is 2.50. The summed E-state index contributed by atoms with van der Waals surface area (Å²) in [6, 6.07) is 21.4. The monoisotopic (exact) mass is 354 g/mol. The first-order valence-electron chi connectivity index (χ1n) is 9.10. The second kappa shape index (κ2) is 8.59. The molecule has 0 aromatic heterocycles. The topological polar surface area (TPSA) is 26.3 Å². The molecule has 0 saturated heterocycles. The number of carbonyl (C=O) groups is 1. The van der Waals surface area contributed by atoms with Crippen molar-refractivity contribution < 1.29 is 9.22 Å². The summed E-state index contributed by atoms with van der Waals surface area (Å²) in [6.07, 6.45) is 2.48. The maximum Gasteiger partial charge on any atom is 0.261 e. The van der Waals surface area contributed by atoms with Gasteiger partial charge in [0.1, 0.15) is 6.29 Å². The Morgan fingerprint density at radius 2 is 1.44 bits per heavy atom. The third kappa shape index (κ3) is 4.47. The van der Waals surface area contributed by atoms with Crippen molar-refractivity contribution in [3.63, 3.8) is 0 Å². The van der Waals surface area contributed by atoms with Gasteiger partial charge in [0.05, 0.1) is 0 Å². The van der Waals surface area contributed by atoms with E-state index in [2.05, 4.69) is 88.4 Å². The molecule has 1 atom stereocenters. The Morgan fingerprint density at radius 3 is 1.84 bits per heavy atom. The van der Waals surface area contributed by atoms with Gasteiger partial charge in [-0.15, -0.1) is 0 Å². The third-order valence-corrected chi connectivity index (χ3v) is 9.78. The van der Waals surface area contributed by atoms with Crippen LogP contribution < -0.4 is 10.4 Å². The summed E-state index contributed by atoms with van der Waals surface area (Å²) < 4.78 is 6.85. The molecule has 0 radical (unpaired) electrons. The first-order valence-corrected chi connectivity index (χ1v) is 11.0. The number of rotatable bonds is 8. The third-order valence-electron chi connectivity index (χ3n) is 4.78. The predicted octanol–water partition coefficient (Wildman–Crippen LogP) is 4.18. The Morgan fingerprint density at radius 1 is 0.960 bits per heavy atom. The molecule has 134 valence electrons. The summed E-state index contributed by atoms with van der Waals surface area (Å²) in [4.78, 5) is 10.7. The van der Waals surface area contributed by atoms with E-state index in [1.807, 2.05) is 0 Å². The second-order valence-electron chi connectivity index (χ2n) is 7.82. The number of hydrogen-bond donors (Lipinski definition) is 0. The summed E-state index contributed by atoms with van der Waals surface area (Å²) in [7, 11) is -2.44. The highest BCUT2D eigenvalue weighted by molar-refractivity contribution is 6.99. The van der Waals surface area contributed by atoms with E-state index in [9.17, 15) is 4.79 Å². The van der Waals surface area contributed by atoms with Crippen molar-refractivity contribution in [1.29, 1.82) is 0 Å². The maximum atomic E-state index is 10.7. The molecule has 2 aromatic carbocycles. The van der Waals surface area contributed by atoms with E-state index in [4.69, 9.17) is 4.43 Å². The molecule has 2 nitrogen and oxygen atoms in total. The van der Waals surface area contributed by atoms with Gasteiger partial charge in [-0.2, -0.15) is 0 Å². The van der Waals surface area contributed by atoms with Gasteiger partial charge in [0.25, 0.3) is 8.32 Å². The van der Waals surface area contributed by atoms with Gasteiger partial charge >= 0.3 is 0 Å². The van der Waals surface area contributed by atoms with Crippen molar-refractivity contribution in [1.82, 2.24) is 0 Å². The lowest BCUT2D eigenvalue weighted by Gasteiger charge is -2.43. The highest BCUT2D eigenvalue weighted by atomic mass is 28.4. The number of carbonyl (C=O) groups excluding carboxylic acids is 1. The van der Waals surface area contributed by atoms with Gasteiger partial charge in [0.15, 0.2) is 0 Å². The largest absolute Gasteiger partial charge is 0.407 e. The maximum absolute atomic E-state index is 10.7. The minimum Gasteiger partial charge on any atom is -0.407 e. The van der Waals surface area contributed by atoms with Crippen molar-refractivity contribution in [2.75, 3.05) is 6.61 Å². The molecule has 0 unspecified atom stereocenters. The first-order chi connectivity index (χ1) is 11.9. The van der Waals surface area contributed by atoms with Crippen LogP contribution in [0.1, 0.15) is 40.5 Å². The molecule has 2 aromatic rings. The molecule has 0 aliphatic carbocycles. The van der Waals surface area contributed by atoms with Gasteiger partial charge in [-0.3, -0.25) is 0 Å². The Balaban J connectivity index is 2.47. The second-order valence-corrected chi connectivity index (χ2v) is 12.1. The zero-order valence-electron chi connectivity index (χ0n) is 15.9. The quantitative estimate of drug-likeness (QED) is 0.525. The van der Waals surface area contributed by atoms with E-state index in [1.54, 1.807) is 0 Å². The molecule has 0 N–H and O–H groups in total. The zero-order chi connectivity index (χ0) is 18.3. The predicted molar refractivity (Wildman–Crippen MR) is 108 cm³/mol. The molecule has 2 rings (SSSR count). The van der Waals surface area contributed by atoms with Crippen LogP contribution in [-0.2, 0) is 9.22 Å². The SMILES string of the molecule is C[C@@H](CCC=O)CO[Si](c1ccccc1)(c1ccccc1)C(C)(C)C. The van der Waals surface area contributed by atoms with Gasteiger partial charge in [0, 0.05) is 13.0 Å². The first kappa shape index (κ1) is 19.6. The van der Waals surface area contributed by atoms with Crippen LogP contribution in [0.5, 0.6) is 0 Å². The molecule has 0 aliphatic heterocycles. The molecule has 0 spiro atoms. The van der Waals surface area contributed by atoms with Crippen molar-refractivity contribution >= 4 is 25.0 Å². The molecular weight excluding hydrogens is 324 g/mol. The minimum absolute atomic E-state index is 0.0000851. The number of benzene rings is 2. The molecule has 25 heavy (non-hydrogen) atoms. The molecule has 0 fully saturated rings. The van der Waals surface area contributed by atoms with Crippen molar-refractivity contribution in [2.24, 2.45) is 5.92 Å². The van der Waals surface area contributed by atoms with Crippen LogP contribution in [0.2, 0.25) is 5.04 Å². The van der Waals surface area contributed by atoms with E-state index in [0.717, 1.165) is 12.7 Å². The summed E-state index contributed by atoms with van der Waals surface area (Å²) >= 11 is 0. The zero-order valence-corrected chi connectivity index (χ0v) is 16.9. The van der Waals surface area contributed by atoms with Gasteiger partial charge < -0.3 is 9.22 Å². The average molecular weight is 355 g/mol. The molecule has 0 saturated carbocycles. The molecule has 0 amide bonds. The molecule has 0 aliphatic rings. The molecule has 0 heterocycles. The van der Waals surface area contributed by atoms with Gasteiger partial charge in [-0.05, 0) is 27.8 Å². The van der Waals surface area contributed by atoms with Crippen LogP contribution >= 0.6 is 0 Å². The van der Waals surface area contributed by atoms with Crippen molar-refractivity contribution in [2.45, 2.75) is 45.6 Å². The number of aldehydes is 1. The normalized spacial score (nSPS) is 13.4. The van der Waals surface area contributed by atoms with Crippen molar-refractivity contribution in [3.8, 4) is 0 Å². The van der Waals surface area contributed by atoms with Crippen LogP contribution in [0.25, 0.3) is 0 Å². The van der Waals surface area contributed by atoms with Crippen LogP contribution in [0.4, 0.5) is 0 Å². The summed E-state index contributed by atoms with van der Waals surface area (Å²) in [5, 5.41) is 2.60. The Labute approximate surface area is 153 Å². The van der Waals surface area contributed by atoms with Gasteiger partial charge in [-0.25, -0.2) is 0 Å². The fourth-order valence-electron chi connectivity index (χ4n) is 3.46. The lowest BCUT2D eigenvalue weighted by molar-refractivity contribution is -0.108. The van der Waals surface area contributed by atoms with Crippen LogP contribution in [-0.4, -0.2) is 21.2 Å². The smallest absolute Gasteiger partial charge is 0.261 e. The van der Waals surface area contributed by atoms with E-state index >= 15 is 0 Å². The standard InChI is InChI=1S/C22H30O2Si/c1-19(12-11-17-23)18-24-25(22(2,3)4,20-13-7-5-8-14-20)21-15-9-6-10-16-21/h5-10,13-17,19H,11-12,18H2,1-4H3/t19-/m0/s1. The van der Waals surface area contributed by atoms with E-state index < -0.39 is 8.32 Å². The summed E-state index contributed by atoms with van der Waals surface area (Å²) in [6.45, 7) is 9.71. The molecule has 3 heteroatoms. The Hall–Kier alpha value is -1.71. The molecular formula is C22H30O2Si. The summed E-state index contributed by atoms with van der Waals surface area (Å²) in [5.41, 5.74) is 0. The van der Waals surface area contributed by atoms with Crippen LogP contribution in [0.15, 0.2) is 60.7 Å². The fourth-order valence-corrected chi connectivity index (χ4v) is 8.15. The van der Waals surface area contributed by atoms with Crippen molar-refractivity contribution in [3.05, 3.63) is 60.7 Å². The average Bonchev–Trinajstić information content (AvgIpc) is 2.61. The van der Waals surface area contributed by atoms with E-state index in [-0.39, 0.29) is 5.04 Å². The van der Waals surface area contributed by atoms with Gasteiger partial charge in [0.2, 0.25) is 0 Å². The fraction of sp³-hybridized carbons (Fsp3) is 0.409. The Kier molecular flexibility index (Phi) is 6.74. The lowest BCUT2D eigenvalue weighted by Crippen LogP contribution is -2.66. The lowest BCUT2D eigenvalue weighted by atomic mass is 10.1. The molecule has 0 bridgehead atoms.